The first kappa shape index (κ1) is 15.6. The van der Waals surface area contributed by atoms with E-state index in [1.54, 1.807) is 0 Å². The Balaban J connectivity index is 1.95. The molecule has 0 bridgehead atoms. The summed E-state index contributed by atoms with van der Waals surface area (Å²) in [5.74, 6) is 2.20. The number of rotatable bonds is 7. The van der Waals surface area contributed by atoms with Gasteiger partial charge in [-0.25, -0.2) is 0 Å². The molecule has 2 rings (SSSR count). The average molecular weight is 278 g/mol. The molecule has 114 valence electrons. The lowest BCUT2D eigenvalue weighted by molar-refractivity contribution is 0.230. The number of aryl methyl sites for hydroxylation is 1. The van der Waals surface area contributed by atoms with Crippen LogP contribution in [0.3, 0.4) is 0 Å². The van der Waals surface area contributed by atoms with Gasteiger partial charge in [0.05, 0.1) is 13.1 Å². The lowest BCUT2D eigenvalue weighted by Gasteiger charge is -2.20. The molecular weight excluding hydrogens is 248 g/mol. The molecule has 1 heterocycles. The molecule has 0 saturated heterocycles. The first-order valence-electron chi connectivity index (χ1n) is 7.96. The first-order chi connectivity index (χ1) is 9.39. The van der Waals surface area contributed by atoms with E-state index in [0.29, 0.717) is 0 Å². The highest BCUT2D eigenvalue weighted by atomic mass is 16.3. The molecule has 1 aliphatic rings. The summed E-state index contributed by atoms with van der Waals surface area (Å²) in [6.07, 6.45) is 3.94. The van der Waals surface area contributed by atoms with Gasteiger partial charge < -0.3 is 9.73 Å². The molecule has 0 spiro atoms. The van der Waals surface area contributed by atoms with E-state index in [4.69, 9.17) is 4.42 Å². The molecule has 1 N–H and O–H groups in total. The predicted molar refractivity (Wildman–Crippen MR) is 83.8 cm³/mol. The maximum absolute atomic E-state index is 6.06. The summed E-state index contributed by atoms with van der Waals surface area (Å²) >= 11 is 0. The van der Waals surface area contributed by atoms with Crippen molar-refractivity contribution in [2.24, 2.45) is 0 Å². The molecule has 1 fully saturated rings. The van der Waals surface area contributed by atoms with Crippen LogP contribution in [-0.2, 0) is 13.1 Å². The summed E-state index contributed by atoms with van der Waals surface area (Å²) in [6.45, 7) is 13.9. The van der Waals surface area contributed by atoms with Gasteiger partial charge >= 0.3 is 0 Å². The Kier molecular flexibility index (Phi) is 4.92. The largest absolute Gasteiger partial charge is 0.463 e. The van der Waals surface area contributed by atoms with Crippen LogP contribution >= 0.6 is 0 Å². The molecule has 0 radical (unpaired) electrons. The third kappa shape index (κ3) is 4.64. The number of nitrogens with one attached hydrogen (secondary N) is 1. The SMILES string of the molecule is CCCN(Cc1cc(C)c(CNC(C)(C)C)o1)C1CC1. The highest BCUT2D eigenvalue weighted by molar-refractivity contribution is 5.20. The zero-order valence-corrected chi connectivity index (χ0v) is 13.8. The molecule has 20 heavy (non-hydrogen) atoms. The molecule has 0 unspecified atom stereocenters. The summed E-state index contributed by atoms with van der Waals surface area (Å²) in [6, 6.07) is 3.02. The van der Waals surface area contributed by atoms with Crippen LogP contribution in [0.5, 0.6) is 0 Å². The van der Waals surface area contributed by atoms with Crippen LogP contribution < -0.4 is 5.32 Å². The Hall–Kier alpha value is -0.800. The summed E-state index contributed by atoms with van der Waals surface area (Å²) in [7, 11) is 0. The maximum atomic E-state index is 6.06. The minimum atomic E-state index is 0.127. The molecule has 0 aromatic carbocycles. The van der Waals surface area contributed by atoms with Gasteiger partial charge in [-0.15, -0.1) is 0 Å². The van der Waals surface area contributed by atoms with Crippen molar-refractivity contribution < 1.29 is 4.42 Å². The molecule has 1 aromatic heterocycles. The molecule has 3 nitrogen and oxygen atoms in total. The van der Waals surface area contributed by atoms with Crippen molar-refractivity contribution in [2.45, 2.75) is 78.6 Å². The summed E-state index contributed by atoms with van der Waals surface area (Å²) in [4.78, 5) is 2.57. The van der Waals surface area contributed by atoms with Crippen LogP contribution in [0.25, 0.3) is 0 Å². The molecule has 3 heteroatoms. The van der Waals surface area contributed by atoms with Crippen molar-refractivity contribution >= 4 is 0 Å². The van der Waals surface area contributed by atoms with Gasteiger partial charge in [-0.1, -0.05) is 6.92 Å². The Labute approximate surface area is 123 Å². The highest BCUT2D eigenvalue weighted by Gasteiger charge is 2.29. The number of nitrogens with zero attached hydrogens (tertiary/aromatic N) is 1. The van der Waals surface area contributed by atoms with E-state index in [-0.39, 0.29) is 5.54 Å². The number of hydrogen-bond acceptors (Lipinski definition) is 3. The van der Waals surface area contributed by atoms with Crippen molar-refractivity contribution in [3.8, 4) is 0 Å². The molecule has 0 amide bonds. The maximum Gasteiger partial charge on any atom is 0.120 e. The molecule has 0 aliphatic heterocycles. The fourth-order valence-corrected chi connectivity index (χ4v) is 2.51. The van der Waals surface area contributed by atoms with E-state index < -0.39 is 0 Å². The van der Waals surface area contributed by atoms with E-state index in [0.717, 1.165) is 30.7 Å². The number of hydrogen-bond donors (Lipinski definition) is 1. The molecule has 1 aromatic rings. The van der Waals surface area contributed by atoms with Crippen LogP contribution in [0, 0.1) is 6.92 Å². The quantitative estimate of drug-likeness (QED) is 0.821. The minimum absolute atomic E-state index is 0.127. The van der Waals surface area contributed by atoms with Gasteiger partial charge in [-0.05, 0) is 65.1 Å². The second-order valence-electron chi connectivity index (χ2n) is 7.12. The van der Waals surface area contributed by atoms with Crippen molar-refractivity contribution in [1.29, 1.82) is 0 Å². The van der Waals surface area contributed by atoms with Gasteiger partial charge in [0.1, 0.15) is 11.5 Å². The average Bonchev–Trinajstić information content (AvgIpc) is 3.11. The highest BCUT2D eigenvalue weighted by Crippen LogP contribution is 2.29. The Bertz CT molecular complexity index is 427. The van der Waals surface area contributed by atoms with Crippen LogP contribution in [0.4, 0.5) is 0 Å². The zero-order valence-electron chi connectivity index (χ0n) is 13.8. The normalized spacial score (nSPS) is 16.1. The third-order valence-corrected chi connectivity index (χ3v) is 3.78. The summed E-state index contributed by atoms with van der Waals surface area (Å²) in [5.41, 5.74) is 1.39. The molecule has 1 saturated carbocycles. The van der Waals surface area contributed by atoms with Crippen LogP contribution in [0.1, 0.15) is 64.0 Å². The fraction of sp³-hybridized carbons (Fsp3) is 0.765. The van der Waals surface area contributed by atoms with E-state index >= 15 is 0 Å². The van der Waals surface area contributed by atoms with Crippen molar-refractivity contribution in [3.05, 3.63) is 23.2 Å². The van der Waals surface area contributed by atoms with Gasteiger partial charge in [0.25, 0.3) is 0 Å². The molecule has 1 aliphatic carbocycles. The van der Waals surface area contributed by atoms with Crippen molar-refractivity contribution in [2.75, 3.05) is 6.54 Å². The second-order valence-corrected chi connectivity index (χ2v) is 7.12. The van der Waals surface area contributed by atoms with Gasteiger partial charge in [0.15, 0.2) is 0 Å². The Morgan fingerprint density at radius 3 is 2.60 bits per heavy atom. The lowest BCUT2D eigenvalue weighted by Crippen LogP contribution is -2.35. The smallest absolute Gasteiger partial charge is 0.120 e. The first-order valence-corrected chi connectivity index (χ1v) is 7.96. The standard InChI is InChI=1S/C17H30N2O/c1-6-9-19(14-7-8-14)12-15-10-13(2)16(20-15)11-18-17(3,4)5/h10,14,18H,6-9,11-12H2,1-5H3. The topological polar surface area (TPSA) is 28.4 Å². The third-order valence-electron chi connectivity index (χ3n) is 3.78. The lowest BCUT2D eigenvalue weighted by atomic mass is 10.1. The van der Waals surface area contributed by atoms with E-state index in [1.807, 2.05) is 0 Å². The van der Waals surface area contributed by atoms with Crippen molar-refractivity contribution in [1.82, 2.24) is 10.2 Å². The van der Waals surface area contributed by atoms with E-state index in [2.05, 4.69) is 50.9 Å². The predicted octanol–water partition coefficient (Wildman–Crippen LogP) is 3.85. The monoisotopic (exact) mass is 278 g/mol. The second kappa shape index (κ2) is 6.31. The fourth-order valence-electron chi connectivity index (χ4n) is 2.51. The van der Waals surface area contributed by atoms with E-state index in [9.17, 15) is 0 Å². The number of furan rings is 1. The minimum Gasteiger partial charge on any atom is -0.463 e. The molecular formula is C17H30N2O. The Morgan fingerprint density at radius 1 is 1.35 bits per heavy atom. The Morgan fingerprint density at radius 2 is 2.05 bits per heavy atom. The van der Waals surface area contributed by atoms with Gasteiger partial charge in [-0.3, -0.25) is 4.90 Å². The van der Waals surface area contributed by atoms with Crippen LogP contribution in [0.15, 0.2) is 10.5 Å². The van der Waals surface area contributed by atoms with Gasteiger partial charge in [0, 0.05) is 11.6 Å². The van der Waals surface area contributed by atoms with E-state index in [1.165, 1.54) is 31.4 Å². The van der Waals surface area contributed by atoms with Crippen LogP contribution in [0.2, 0.25) is 0 Å². The summed E-state index contributed by atoms with van der Waals surface area (Å²) < 4.78 is 6.06. The van der Waals surface area contributed by atoms with Crippen LogP contribution in [-0.4, -0.2) is 23.0 Å². The molecule has 0 atom stereocenters. The van der Waals surface area contributed by atoms with Crippen molar-refractivity contribution in [3.63, 3.8) is 0 Å². The van der Waals surface area contributed by atoms with Gasteiger partial charge in [-0.2, -0.15) is 0 Å². The summed E-state index contributed by atoms with van der Waals surface area (Å²) in [5, 5.41) is 3.50. The zero-order chi connectivity index (χ0) is 14.8. The van der Waals surface area contributed by atoms with Gasteiger partial charge in [0.2, 0.25) is 0 Å².